The molecule has 1 heteroatoms. The van der Waals surface area contributed by atoms with E-state index in [9.17, 15) is 0 Å². The molecule has 0 saturated heterocycles. The third-order valence-electron chi connectivity index (χ3n) is 4.42. The topological polar surface area (TPSA) is 12.9 Å². The van der Waals surface area contributed by atoms with E-state index >= 15 is 0 Å². The smallest absolute Gasteiger partial charge is 0.0711 e. The van der Waals surface area contributed by atoms with E-state index in [4.69, 9.17) is 4.98 Å². The second-order valence-corrected chi connectivity index (χ2v) is 5.88. The van der Waals surface area contributed by atoms with Gasteiger partial charge in [-0.25, -0.2) is 0 Å². The molecule has 0 fully saturated rings. The van der Waals surface area contributed by atoms with Gasteiger partial charge in [-0.15, -0.1) is 0 Å². The van der Waals surface area contributed by atoms with Crippen molar-refractivity contribution in [2.45, 2.75) is 6.92 Å². The van der Waals surface area contributed by atoms with Gasteiger partial charge in [0, 0.05) is 11.3 Å². The largest absolute Gasteiger partial charge is 0.253 e. The highest BCUT2D eigenvalue weighted by Gasteiger charge is 2.11. The zero-order valence-corrected chi connectivity index (χ0v) is 13.1. The van der Waals surface area contributed by atoms with E-state index in [1.807, 2.05) is 19.1 Å². The second-order valence-electron chi connectivity index (χ2n) is 5.88. The maximum absolute atomic E-state index is 4.70. The fourth-order valence-electron chi connectivity index (χ4n) is 3.33. The first-order chi connectivity index (χ1) is 11.2. The molecule has 4 aromatic rings. The average Bonchev–Trinajstić information content (AvgIpc) is 2.57. The predicted octanol–water partition coefficient (Wildman–Crippen LogP) is 5.14. The van der Waals surface area contributed by atoms with Gasteiger partial charge in [0.05, 0.1) is 5.69 Å². The summed E-state index contributed by atoms with van der Waals surface area (Å²) in [5.74, 6) is 0. The molecular formula is C22H17N. The van der Waals surface area contributed by atoms with Crippen molar-refractivity contribution >= 4 is 34.2 Å². The maximum atomic E-state index is 4.70. The lowest BCUT2D eigenvalue weighted by Gasteiger charge is -2.13. The van der Waals surface area contributed by atoms with E-state index in [2.05, 4.69) is 61.7 Å². The first-order valence-electron chi connectivity index (χ1n) is 7.72. The number of aryl methyl sites for hydroxylation is 1. The lowest BCUT2D eigenvalue weighted by molar-refractivity contribution is 1.21. The van der Waals surface area contributed by atoms with Gasteiger partial charge < -0.3 is 0 Å². The van der Waals surface area contributed by atoms with E-state index in [0.717, 1.165) is 27.7 Å². The number of hydrogen-bond donors (Lipinski definition) is 0. The summed E-state index contributed by atoms with van der Waals surface area (Å²) in [4.78, 5) is 4.70. The van der Waals surface area contributed by atoms with Crippen LogP contribution in [0, 0.1) is 6.92 Å². The summed E-state index contributed by atoms with van der Waals surface area (Å²) >= 11 is 0. The Morgan fingerprint density at radius 1 is 0.913 bits per heavy atom. The summed E-state index contributed by atoms with van der Waals surface area (Å²) in [6, 6.07) is 19.0. The molecule has 110 valence electrons. The molecule has 1 heterocycles. The Bertz CT molecular complexity index is 1110. The molecule has 0 amide bonds. The van der Waals surface area contributed by atoms with E-state index in [1.165, 1.54) is 21.5 Å². The minimum absolute atomic E-state index is 1.01. The molecule has 0 aliphatic heterocycles. The molecule has 0 aliphatic carbocycles. The summed E-state index contributed by atoms with van der Waals surface area (Å²) in [5, 5.41) is 5.90. The first kappa shape index (κ1) is 13.7. The molecule has 3 aromatic carbocycles. The van der Waals surface area contributed by atoms with E-state index in [-0.39, 0.29) is 0 Å². The van der Waals surface area contributed by atoms with Gasteiger partial charge >= 0.3 is 0 Å². The zero-order valence-electron chi connectivity index (χ0n) is 13.1. The van der Waals surface area contributed by atoms with Gasteiger partial charge in [-0.2, -0.15) is 0 Å². The van der Waals surface area contributed by atoms with Crippen molar-refractivity contribution in [2.75, 3.05) is 0 Å². The van der Waals surface area contributed by atoms with Crippen molar-refractivity contribution in [3.8, 4) is 11.3 Å². The van der Waals surface area contributed by atoms with Gasteiger partial charge in [0.1, 0.15) is 0 Å². The van der Waals surface area contributed by atoms with Crippen LogP contribution < -0.4 is 5.22 Å². The molecule has 0 atom stereocenters. The molecule has 23 heavy (non-hydrogen) atoms. The quantitative estimate of drug-likeness (QED) is 0.499. The summed E-state index contributed by atoms with van der Waals surface area (Å²) in [5.41, 5.74) is 4.32. The highest BCUT2D eigenvalue weighted by molar-refractivity contribution is 6.16. The molecule has 0 radical (unpaired) electrons. The van der Waals surface area contributed by atoms with Crippen LogP contribution in [-0.2, 0) is 0 Å². The van der Waals surface area contributed by atoms with Crippen LogP contribution in [-0.4, -0.2) is 4.98 Å². The molecule has 1 nitrogen and oxygen atoms in total. The lowest BCUT2D eigenvalue weighted by atomic mass is 9.91. The minimum Gasteiger partial charge on any atom is -0.253 e. The van der Waals surface area contributed by atoms with Crippen LogP contribution in [0.25, 0.3) is 45.5 Å². The minimum atomic E-state index is 1.01. The van der Waals surface area contributed by atoms with Gasteiger partial charge in [-0.3, -0.25) is 4.98 Å². The Labute approximate surface area is 135 Å². The standard InChI is InChI=1S/C22H17N/c1-4-16-10-13-19-18(20-7-5-6-15(3)23-20)12-11-17-9-8-14(2)21(16)22(17)19/h4-13H,1-2H2,3H3. The van der Waals surface area contributed by atoms with E-state index < -0.39 is 0 Å². The van der Waals surface area contributed by atoms with Crippen LogP contribution in [0.1, 0.15) is 11.3 Å². The van der Waals surface area contributed by atoms with Gasteiger partial charge in [0.25, 0.3) is 0 Å². The summed E-state index contributed by atoms with van der Waals surface area (Å²) in [7, 11) is 0. The number of benzene rings is 3. The van der Waals surface area contributed by atoms with Crippen molar-refractivity contribution in [3.05, 3.63) is 77.7 Å². The van der Waals surface area contributed by atoms with Gasteiger partial charge in [-0.05, 0) is 51.4 Å². The van der Waals surface area contributed by atoms with Crippen molar-refractivity contribution in [2.24, 2.45) is 0 Å². The SMILES string of the molecule is C=Cc1ccc2c(-c3cccc(C)n3)ccc3ccc(=C)c1c32. The molecule has 0 spiro atoms. The third kappa shape index (κ3) is 2.05. The monoisotopic (exact) mass is 295 g/mol. The predicted molar refractivity (Wildman–Crippen MR) is 100 cm³/mol. The molecule has 1 aromatic heterocycles. The Morgan fingerprint density at radius 3 is 2.52 bits per heavy atom. The summed E-state index contributed by atoms with van der Waals surface area (Å²) in [6.07, 6.45) is 1.90. The molecule has 0 aliphatic rings. The van der Waals surface area contributed by atoms with Crippen molar-refractivity contribution in [1.82, 2.24) is 4.98 Å². The number of aromatic nitrogens is 1. The number of hydrogen-bond acceptors (Lipinski definition) is 1. The zero-order chi connectivity index (χ0) is 16.0. The molecule has 0 N–H and O–H groups in total. The number of rotatable bonds is 2. The van der Waals surface area contributed by atoms with Gasteiger partial charge in [0.15, 0.2) is 0 Å². The van der Waals surface area contributed by atoms with Crippen molar-refractivity contribution in [1.29, 1.82) is 0 Å². The maximum Gasteiger partial charge on any atom is 0.0711 e. The molecular weight excluding hydrogens is 278 g/mol. The van der Waals surface area contributed by atoms with E-state index in [0.29, 0.717) is 0 Å². The van der Waals surface area contributed by atoms with Crippen molar-refractivity contribution < 1.29 is 0 Å². The second kappa shape index (κ2) is 5.06. The van der Waals surface area contributed by atoms with Gasteiger partial charge in [0.2, 0.25) is 0 Å². The first-order valence-corrected chi connectivity index (χ1v) is 7.72. The fourth-order valence-corrected chi connectivity index (χ4v) is 3.33. The van der Waals surface area contributed by atoms with Crippen LogP contribution in [0.4, 0.5) is 0 Å². The number of pyridine rings is 1. The average molecular weight is 295 g/mol. The Kier molecular flexibility index (Phi) is 3.02. The summed E-state index contributed by atoms with van der Waals surface area (Å²) < 4.78 is 0. The normalized spacial score (nSPS) is 11.2. The van der Waals surface area contributed by atoms with Crippen LogP contribution in [0.2, 0.25) is 0 Å². The van der Waals surface area contributed by atoms with E-state index in [1.54, 1.807) is 0 Å². The van der Waals surface area contributed by atoms with Gasteiger partial charge in [-0.1, -0.05) is 61.7 Å². The Hall–Kier alpha value is -2.93. The lowest BCUT2D eigenvalue weighted by Crippen LogP contribution is -2.02. The molecule has 0 bridgehead atoms. The highest BCUT2D eigenvalue weighted by Crippen LogP contribution is 2.34. The van der Waals surface area contributed by atoms with Crippen LogP contribution in [0.5, 0.6) is 0 Å². The highest BCUT2D eigenvalue weighted by atomic mass is 14.7. The third-order valence-corrected chi connectivity index (χ3v) is 4.42. The number of nitrogens with zero attached hydrogens (tertiary/aromatic N) is 1. The van der Waals surface area contributed by atoms with Crippen LogP contribution in [0.15, 0.2) is 61.2 Å². The molecule has 0 unspecified atom stereocenters. The van der Waals surface area contributed by atoms with Crippen LogP contribution >= 0.6 is 0 Å². The molecule has 4 rings (SSSR count). The summed E-state index contributed by atoms with van der Waals surface area (Å²) in [6.45, 7) is 10.2. The van der Waals surface area contributed by atoms with Crippen molar-refractivity contribution in [3.63, 3.8) is 0 Å². The Morgan fingerprint density at radius 2 is 1.74 bits per heavy atom. The van der Waals surface area contributed by atoms with Crippen LogP contribution in [0.3, 0.4) is 0 Å². The molecule has 0 saturated carbocycles. The fraction of sp³-hybridized carbons (Fsp3) is 0.0455. The Balaban J connectivity index is 2.20.